The van der Waals surface area contributed by atoms with Gasteiger partial charge in [-0.3, -0.25) is 0 Å². The molecule has 1 atom stereocenters. The number of nitrogens with zero attached hydrogens (tertiary/aromatic N) is 1. The third-order valence-corrected chi connectivity index (χ3v) is 2.95. The van der Waals surface area contributed by atoms with Crippen molar-refractivity contribution in [3.8, 4) is 0 Å². The Balaban J connectivity index is 2.19. The minimum absolute atomic E-state index is 0.145. The van der Waals surface area contributed by atoms with Gasteiger partial charge in [0.2, 0.25) is 0 Å². The molecule has 86 valence electrons. The molecule has 1 fully saturated rings. The summed E-state index contributed by atoms with van der Waals surface area (Å²) in [4.78, 5) is 13.7. The van der Waals surface area contributed by atoms with Gasteiger partial charge in [-0.25, -0.2) is 4.79 Å². The van der Waals surface area contributed by atoms with Crippen LogP contribution in [0.5, 0.6) is 0 Å². The lowest BCUT2D eigenvalue weighted by Gasteiger charge is -2.24. The van der Waals surface area contributed by atoms with Crippen LogP contribution in [-0.2, 0) is 9.53 Å². The third-order valence-electron chi connectivity index (χ3n) is 2.95. The first-order valence-electron chi connectivity index (χ1n) is 5.42. The quantitative estimate of drug-likeness (QED) is 0.605. The zero-order chi connectivity index (χ0) is 11.5. The lowest BCUT2D eigenvalue weighted by molar-refractivity contribution is -0.141. The summed E-state index contributed by atoms with van der Waals surface area (Å²) in [6.07, 6.45) is 1.88. The molecule has 1 aromatic rings. The minimum atomic E-state index is -0.158. The minimum Gasteiger partial charge on any atom is -0.467 e. The summed E-state index contributed by atoms with van der Waals surface area (Å²) in [6.45, 7) is 0.893. The van der Waals surface area contributed by atoms with E-state index in [1.807, 2.05) is 24.3 Å². The number of hydrogen-bond acceptors (Lipinski definition) is 4. The second-order valence-electron chi connectivity index (χ2n) is 3.97. The molecule has 2 rings (SSSR count). The van der Waals surface area contributed by atoms with Crippen molar-refractivity contribution in [2.45, 2.75) is 18.9 Å². The highest BCUT2D eigenvalue weighted by atomic mass is 16.5. The summed E-state index contributed by atoms with van der Waals surface area (Å²) in [5, 5.41) is 0. The highest BCUT2D eigenvalue weighted by Crippen LogP contribution is 2.26. The van der Waals surface area contributed by atoms with Gasteiger partial charge in [0.05, 0.1) is 7.11 Å². The summed E-state index contributed by atoms with van der Waals surface area (Å²) >= 11 is 0. The van der Waals surface area contributed by atoms with E-state index in [0.29, 0.717) is 0 Å². The standard InChI is InChI=1S/C12H16N2O2/c1-16-12(15)11-3-2-8-14(11)10-6-4-9(13)5-7-10/h4-7,11H,2-3,8,13H2,1H3/t11-/m1/s1. The number of carbonyl (C=O) groups excluding carboxylic acids is 1. The first kappa shape index (κ1) is 10.8. The molecule has 1 aromatic carbocycles. The second-order valence-corrected chi connectivity index (χ2v) is 3.97. The van der Waals surface area contributed by atoms with Crippen LogP contribution < -0.4 is 10.6 Å². The molecule has 1 aliphatic rings. The molecule has 0 spiro atoms. The van der Waals surface area contributed by atoms with Crippen molar-refractivity contribution >= 4 is 17.3 Å². The SMILES string of the molecule is COC(=O)[C@H]1CCCN1c1ccc(N)cc1. The van der Waals surface area contributed by atoms with Crippen molar-refractivity contribution in [3.63, 3.8) is 0 Å². The summed E-state index contributed by atoms with van der Waals surface area (Å²) in [5.74, 6) is -0.158. The van der Waals surface area contributed by atoms with Crippen LogP contribution in [0, 0.1) is 0 Å². The Kier molecular flexibility index (Phi) is 2.99. The summed E-state index contributed by atoms with van der Waals surface area (Å²) < 4.78 is 4.80. The second kappa shape index (κ2) is 4.43. The van der Waals surface area contributed by atoms with Gasteiger partial charge in [0.1, 0.15) is 6.04 Å². The van der Waals surface area contributed by atoms with Gasteiger partial charge in [-0.15, -0.1) is 0 Å². The lowest BCUT2D eigenvalue weighted by Crippen LogP contribution is -2.36. The zero-order valence-corrected chi connectivity index (χ0v) is 9.35. The topological polar surface area (TPSA) is 55.6 Å². The zero-order valence-electron chi connectivity index (χ0n) is 9.35. The number of esters is 1. The maximum Gasteiger partial charge on any atom is 0.328 e. The molecule has 1 aliphatic heterocycles. The number of hydrogen-bond donors (Lipinski definition) is 1. The Bertz CT molecular complexity index is 375. The predicted molar refractivity (Wildman–Crippen MR) is 63.2 cm³/mol. The molecule has 0 amide bonds. The fraction of sp³-hybridized carbons (Fsp3) is 0.417. The van der Waals surface area contributed by atoms with Gasteiger partial charge in [-0.05, 0) is 37.1 Å². The van der Waals surface area contributed by atoms with Crippen molar-refractivity contribution in [3.05, 3.63) is 24.3 Å². The Hall–Kier alpha value is -1.71. The highest BCUT2D eigenvalue weighted by Gasteiger charge is 2.31. The molecule has 0 saturated carbocycles. The number of methoxy groups -OCH3 is 1. The maximum atomic E-state index is 11.6. The van der Waals surface area contributed by atoms with E-state index in [1.165, 1.54) is 7.11 Å². The van der Waals surface area contributed by atoms with E-state index in [2.05, 4.69) is 4.90 Å². The maximum absolute atomic E-state index is 11.6. The van der Waals surface area contributed by atoms with Crippen molar-refractivity contribution in [2.24, 2.45) is 0 Å². The number of rotatable bonds is 2. The number of ether oxygens (including phenoxy) is 1. The molecular formula is C12H16N2O2. The van der Waals surface area contributed by atoms with Crippen LogP contribution in [0.2, 0.25) is 0 Å². The van der Waals surface area contributed by atoms with Crippen LogP contribution in [0.15, 0.2) is 24.3 Å². The number of benzene rings is 1. The Morgan fingerprint density at radius 2 is 2.12 bits per heavy atom. The predicted octanol–water partition coefficient (Wildman–Crippen LogP) is 1.41. The third kappa shape index (κ3) is 1.96. The van der Waals surface area contributed by atoms with Crippen molar-refractivity contribution in [2.75, 3.05) is 24.3 Å². The molecular weight excluding hydrogens is 204 g/mol. The van der Waals surface area contributed by atoms with Gasteiger partial charge in [0, 0.05) is 17.9 Å². The molecule has 0 radical (unpaired) electrons. The molecule has 1 heterocycles. The summed E-state index contributed by atoms with van der Waals surface area (Å²) in [7, 11) is 1.43. The van der Waals surface area contributed by atoms with E-state index in [4.69, 9.17) is 10.5 Å². The average Bonchev–Trinajstić information content (AvgIpc) is 2.78. The van der Waals surface area contributed by atoms with Crippen LogP contribution in [0.1, 0.15) is 12.8 Å². The largest absolute Gasteiger partial charge is 0.467 e. The van der Waals surface area contributed by atoms with E-state index < -0.39 is 0 Å². The number of nitrogen functional groups attached to an aromatic ring is 1. The molecule has 4 heteroatoms. The average molecular weight is 220 g/mol. The normalized spacial score (nSPS) is 19.8. The van der Waals surface area contributed by atoms with Crippen molar-refractivity contribution in [1.29, 1.82) is 0 Å². The molecule has 2 N–H and O–H groups in total. The lowest BCUT2D eigenvalue weighted by atomic mass is 10.2. The van der Waals surface area contributed by atoms with E-state index in [1.54, 1.807) is 0 Å². The summed E-state index contributed by atoms with van der Waals surface area (Å²) in [5.41, 5.74) is 7.40. The fourth-order valence-electron chi connectivity index (χ4n) is 2.12. The number of anilines is 2. The Labute approximate surface area is 95.0 Å². The fourth-order valence-corrected chi connectivity index (χ4v) is 2.12. The van der Waals surface area contributed by atoms with E-state index >= 15 is 0 Å². The van der Waals surface area contributed by atoms with Crippen LogP contribution in [0.3, 0.4) is 0 Å². The highest BCUT2D eigenvalue weighted by molar-refractivity contribution is 5.80. The van der Waals surface area contributed by atoms with Crippen LogP contribution >= 0.6 is 0 Å². The van der Waals surface area contributed by atoms with Crippen LogP contribution in [-0.4, -0.2) is 25.7 Å². The molecule has 0 aliphatic carbocycles. The van der Waals surface area contributed by atoms with Crippen molar-refractivity contribution in [1.82, 2.24) is 0 Å². The van der Waals surface area contributed by atoms with E-state index in [9.17, 15) is 4.79 Å². The molecule has 16 heavy (non-hydrogen) atoms. The van der Waals surface area contributed by atoms with Gasteiger partial charge in [-0.1, -0.05) is 0 Å². The van der Waals surface area contributed by atoms with Gasteiger partial charge in [0.25, 0.3) is 0 Å². The van der Waals surface area contributed by atoms with E-state index in [0.717, 1.165) is 30.8 Å². The first-order valence-corrected chi connectivity index (χ1v) is 5.42. The molecule has 4 nitrogen and oxygen atoms in total. The van der Waals surface area contributed by atoms with Crippen LogP contribution in [0.25, 0.3) is 0 Å². The van der Waals surface area contributed by atoms with Crippen LogP contribution in [0.4, 0.5) is 11.4 Å². The Morgan fingerprint density at radius 3 is 2.75 bits per heavy atom. The first-order chi connectivity index (χ1) is 7.72. The van der Waals surface area contributed by atoms with Crippen molar-refractivity contribution < 1.29 is 9.53 Å². The summed E-state index contributed by atoms with van der Waals surface area (Å²) in [6, 6.07) is 7.44. The number of nitrogens with two attached hydrogens (primary N) is 1. The van der Waals surface area contributed by atoms with Gasteiger partial charge < -0.3 is 15.4 Å². The smallest absolute Gasteiger partial charge is 0.328 e. The van der Waals surface area contributed by atoms with Gasteiger partial charge in [-0.2, -0.15) is 0 Å². The van der Waals surface area contributed by atoms with E-state index in [-0.39, 0.29) is 12.0 Å². The van der Waals surface area contributed by atoms with Gasteiger partial charge in [0.15, 0.2) is 0 Å². The number of carbonyl (C=O) groups is 1. The molecule has 0 unspecified atom stereocenters. The molecule has 0 bridgehead atoms. The molecule has 1 saturated heterocycles. The Morgan fingerprint density at radius 1 is 1.44 bits per heavy atom. The molecule has 0 aromatic heterocycles. The van der Waals surface area contributed by atoms with Gasteiger partial charge >= 0.3 is 5.97 Å². The monoisotopic (exact) mass is 220 g/mol.